The van der Waals surface area contributed by atoms with Crippen molar-refractivity contribution in [2.45, 2.75) is 58.9 Å². The lowest BCUT2D eigenvalue weighted by molar-refractivity contribution is 0.0981. The van der Waals surface area contributed by atoms with Crippen LogP contribution in [-0.4, -0.2) is 6.54 Å². The van der Waals surface area contributed by atoms with Crippen LogP contribution in [0.3, 0.4) is 0 Å². The van der Waals surface area contributed by atoms with Crippen molar-refractivity contribution >= 4 is 43.2 Å². The molecule has 0 aromatic carbocycles. The first kappa shape index (κ1) is 17.0. The molecule has 1 fully saturated rings. The molecule has 2 rings (SSSR count). The van der Waals surface area contributed by atoms with Crippen LogP contribution in [0.15, 0.2) is 13.6 Å². The highest BCUT2D eigenvalue weighted by Gasteiger charge is 2.38. The first-order chi connectivity index (χ1) is 9.45. The molecule has 1 saturated carbocycles. The summed E-state index contributed by atoms with van der Waals surface area (Å²) in [6, 6.07) is 2.77. The van der Waals surface area contributed by atoms with E-state index in [1.165, 1.54) is 45.2 Å². The highest BCUT2D eigenvalue weighted by molar-refractivity contribution is 9.12. The van der Waals surface area contributed by atoms with Crippen molar-refractivity contribution in [3.8, 4) is 0 Å². The van der Waals surface area contributed by atoms with E-state index in [1.807, 2.05) is 0 Å². The number of hydrogen-bond acceptors (Lipinski definition) is 2. The van der Waals surface area contributed by atoms with Gasteiger partial charge in [-0.25, -0.2) is 0 Å². The number of halogens is 2. The molecule has 0 radical (unpaired) electrons. The van der Waals surface area contributed by atoms with E-state index in [0.29, 0.717) is 11.5 Å². The summed E-state index contributed by atoms with van der Waals surface area (Å²) in [7, 11) is 0. The van der Waals surface area contributed by atoms with Gasteiger partial charge in [0.2, 0.25) is 0 Å². The fourth-order valence-corrected chi connectivity index (χ4v) is 6.40. The van der Waals surface area contributed by atoms with E-state index in [-0.39, 0.29) is 0 Å². The van der Waals surface area contributed by atoms with E-state index in [4.69, 9.17) is 0 Å². The Labute approximate surface area is 144 Å². The summed E-state index contributed by atoms with van der Waals surface area (Å²) in [5, 5.41) is 3.82. The van der Waals surface area contributed by atoms with Gasteiger partial charge in [-0.05, 0) is 80.6 Å². The van der Waals surface area contributed by atoms with E-state index >= 15 is 0 Å². The second-order valence-electron chi connectivity index (χ2n) is 6.55. The highest BCUT2D eigenvalue weighted by Crippen LogP contribution is 2.49. The Morgan fingerprint density at radius 2 is 2.15 bits per heavy atom. The zero-order valence-electron chi connectivity index (χ0n) is 12.6. The van der Waals surface area contributed by atoms with Crippen LogP contribution in [-0.2, 0) is 0 Å². The Bertz CT molecular complexity index is 442. The lowest BCUT2D eigenvalue weighted by atomic mass is 9.65. The lowest BCUT2D eigenvalue weighted by Gasteiger charge is -2.43. The van der Waals surface area contributed by atoms with Crippen molar-refractivity contribution in [2.75, 3.05) is 6.54 Å². The van der Waals surface area contributed by atoms with Gasteiger partial charge in [0.1, 0.15) is 0 Å². The number of hydrogen-bond donors (Lipinski definition) is 1. The molecule has 0 amide bonds. The topological polar surface area (TPSA) is 12.0 Å². The average molecular weight is 423 g/mol. The van der Waals surface area contributed by atoms with Crippen LogP contribution >= 0.6 is 43.2 Å². The molecule has 1 aromatic rings. The summed E-state index contributed by atoms with van der Waals surface area (Å²) in [6.45, 7) is 8.24. The Hall–Kier alpha value is 0.620. The predicted molar refractivity (Wildman–Crippen MR) is 96.5 cm³/mol. The Morgan fingerprint density at radius 3 is 2.70 bits per heavy atom. The van der Waals surface area contributed by atoms with Gasteiger partial charge < -0.3 is 5.32 Å². The quantitative estimate of drug-likeness (QED) is 0.568. The van der Waals surface area contributed by atoms with Gasteiger partial charge in [-0.2, -0.15) is 0 Å². The summed E-state index contributed by atoms with van der Waals surface area (Å²) < 4.78 is 2.50. The molecule has 0 spiro atoms. The molecule has 2 unspecified atom stereocenters. The van der Waals surface area contributed by atoms with Gasteiger partial charge in [-0.15, -0.1) is 11.3 Å². The van der Waals surface area contributed by atoms with Crippen molar-refractivity contribution in [3.63, 3.8) is 0 Å². The second-order valence-corrected chi connectivity index (χ2v) is 10.3. The van der Waals surface area contributed by atoms with Crippen LogP contribution in [0.5, 0.6) is 0 Å². The summed E-state index contributed by atoms with van der Waals surface area (Å²) in [6.07, 6.45) is 6.64. The van der Waals surface area contributed by atoms with E-state index < -0.39 is 0 Å². The second kappa shape index (κ2) is 7.26. The summed E-state index contributed by atoms with van der Waals surface area (Å²) in [5.74, 6) is 0.723. The largest absolute Gasteiger partial charge is 0.310 e. The van der Waals surface area contributed by atoms with Crippen LogP contribution in [0.2, 0.25) is 0 Å². The highest BCUT2D eigenvalue weighted by atomic mass is 79.9. The summed E-state index contributed by atoms with van der Waals surface area (Å²) >= 11 is 9.18. The van der Waals surface area contributed by atoms with Gasteiger partial charge in [-0.1, -0.05) is 33.6 Å². The molecule has 1 heterocycles. The fraction of sp³-hybridized carbons (Fsp3) is 0.750. The normalized spacial score (nSPS) is 23.8. The van der Waals surface area contributed by atoms with Crippen LogP contribution < -0.4 is 5.32 Å². The third kappa shape index (κ3) is 3.88. The van der Waals surface area contributed by atoms with E-state index in [9.17, 15) is 0 Å². The molecule has 114 valence electrons. The molecule has 0 saturated heterocycles. The summed E-state index contributed by atoms with van der Waals surface area (Å²) in [5.41, 5.74) is 1.87. The maximum absolute atomic E-state index is 3.82. The minimum Gasteiger partial charge on any atom is -0.310 e. The molecule has 2 atom stereocenters. The molecule has 0 aliphatic heterocycles. The van der Waals surface area contributed by atoms with E-state index in [1.54, 1.807) is 11.3 Å². The average Bonchev–Trinajstić information content (AvgIpc) is 2.70. The maximum Gasteiger partial charge on any atom is 0.0758 e. The molecule has 20 heavy (non-hydrogen) atoms. The molecule has 1 aliphatic carbocycles. The fourth-order valence-electron chi connectivity index (χ4n) is 3.47. The van der Waals surface area contributed by atoms with Crippen LogP contribution in [0.4, 0.5) is 0 Å². The molecule has 1 aliphatic rings. The minimum absolute atomic E-state index is 0.428. The van der Waals surface area contributed by atoms with Crippen LogP contribution in [0.25, 0.3) is 0 Å². The van der Waals surface area contributed by atoms with Crippen molar-refractivity contribution in [1.82, 2.24) is 5.32 Å². The van der Waals surface area contributed by atoms with Gasteiger partial charge in [0.05, 0.1) is 7.57 Å². The van der Waals surface area contributed by atoms with Crippen molar-refractivity contribution in [3.05, 3.63) is 19.2 Å². The first-order valence-corrected chi connectivity index (χ1v) is 10.0. The van der Waals surface area contributed by atoms with Gasteiger partial charge >= 0.3 is 0 Å². The third-order valence-corrected chi connectivity index (χ3v) is 7.01. The molecular formula is C16H25Br2NS. The SMILES string of the molecule is CCCNC(c1cc(Br)sc1Br)C1CCCCC1(C)C. The molecule has 1 aromatic heterocycles. The molecule has 1 nitrogen and oxygen atoms in total. The van der Waals surface area contributed by atoms with Crippen LogP contribution in [0.1, 0.15) is 64.5 Å². The monoisotopic (exact) mass is 421 g/mol. The van der Waals surface area contributed by atoms with Gasteiger partial charge in [-0.3, -0.25) is 0 Å². The van der Waals surface area contributed by atoms with Crippen molar-refractivity contribution in [2.24, 2.45) is 11.3 Å². The van der Waals surface area contributed by atoms with Gasteiger partial charge in [0.25, 0.3) is 0 Å². The molecule has 0 bridgehead atoms. The zero-order valence-corrected chi connectivity index (χ0v) is 16.6. The lowest BCUT2D eigenvalue weighted by Crippen LogP contribution is -2.39. The summed E-state index contributed by atoms with van der Waals surface area (Å²) in [4.78, 5) is 0. The Balaban J connectivity index is 2.29. The third-order valence-electron chi connectivity index (χ3n) is 4.62. The van der Waals surface area contributed by atoms with Crippen molar-refractivity contribution < 1.29 is 0 Å². The Kier molecular flexibility index (Phi) is 6.16. The molecule has 1 N–H and O–H groups in total. The zero-order chi connectivity index (χ0) is 14.8. The van der Waals surface area contributed by atoms with E-state index in [2.05, 4.69) is 64.0 Å². The standard InChI is InChI=1S/C16H25Br2NS/c1-4-9-19-14(11-10-13(17)20-15(11)18)12-7-5-6-8-16(12,2)3/h10,12,14,19H,4-9H2,1-3H3. The van der Waals surface area contributed by atoms with Gasteiger partial charge in [0, 0.05) is 6.04 Å². The Morgan fingerprint density at radius 1 is 1.40 bits per heavy atom. The first-order valence-electron chi connectivity index (χ1n) is 7.64. The predicted octanol–water partition coefficient (Wildman–Crippen LogP) is 6.53. The molecular weight excluding hydrogens is 398 g/mol. The smallest absolute Gasteiger partial charge is 0.0758 e. The van der Waals surface area contributed by atoms with Crippen LogP contribution in [0, 0.1) is 11.3 Å². The number of rotatable bonds is 5. The molecule has 4 heteroatoms. The van der Waals surface area contributed by atoms with Crippen molar-refractivity contribution in [1.29, 1.82) is 0 Å². The maximum atomic E-state index is 3.82. The number of thiophene rings is 1. The van der Waals surface area contributed by atoms with E-state index in [0.717, 1.165) is 12.5 Å². The number of nitrogens with one attached hydrogen (secondary N) is 1. The van der Waals surface area contributed by atoms with Gasteiger partial charge in [0.15, 0.2) is 0 Å². The minimum atomic E-state index is 0.428.